The molecule has 0 spiro atoms. The maximum absolute atomic E-state index is 3.84. The van der Waals surface area contributed by atoms with Gasteiger partial charge in [-0.05, 0) is 18.2 Å². The number of rotatable bonds is 2. The van der Waals surface area contributed by atoms with Crippen LogP contribution in [0.1, 0.15) is 0 Å². The fourth-order valence-corrected chi connectivity index (χ4v) is 0.831. The Bertz CT molecular complexity index is 81.8. The Hall–Kier alpha value is 0.490. The minimum atomic E-state index is 0.176. The zero-order chi connectivity index (χ0) is 5.70. The lowest BCUT2D eigenvalue weighted by Crippen LogP contribution is -1.80. The summed E-state index contributed by atoms with van der Waals surface area (Å²) in [6.45, 7) is 3.34. The highest BCUT2D eigenvalue weighted by molar-refractivity contribution is 14.1. The summed E-state index contributed by atoms with van der Waals surface area (Å²) in [4.78, 5) is 3.68. The summed E-state index contributed by atoms with van der Waals surface area (Å²) in [5.74, 6) is 0. The van der Waals surface area contributed by atoms with E-state index in [1.807, 2.05) is 6.08 Å². The molecule has 0 bridgehead atoms. The quantitative estimate of drug-likeness (QED) is 0.243. The molecule has 0 aromatic rings. The zero-order valence-corrected chi connectivity index (χ0v) is 6.76. The summed E-state index contributed by atoms with van der Waals surface area (Å²) in [5, 5.41) is 1.66. The summed E-state index contributed by atoms with van der Waals surface area (Å²) in [5.41, 5.74) is 0. The standard InChI is InChI=1S/C4H6INS/c1-6-4(5)2-3-7/h2-4,7H,1H2/b3-2-. The van der Waals surface area contributed by atoms with Crippen LogP contribution in [-0.2, 0) is 0 Å². The van der Waals surface area contributed by atoms with Crippen LogP contribution in [0, 0.1) is 0 Å². The lowest BCUT2D eigenvalue weighted by Gasteiger charge is -1.88. The second-order valence-corrected chi connectivity index (χ2v) is 2.47. The molecular formula is C4H6INS. The van der Waals surface area contributed by atoms with Crippen molar-refractivity contribution < 1.29 is 0 Å². The predicted molar refractivity (Wildman–Crippen MR) is 45.5 cm³/mol. The molecule has 0 aliphatic rings. The van der Waals surface area contributed by atoms with Crippen LogP contribution in [0.25, 0.3) is 0 Å². The average Bonchev–Trinajstić information content (AvgIpc) is 1.68. The number of halogens is 1. The first-order valence-electron chi connectivity index (χ1n) is 1.72. The summed E-state index contributed by atoms with van der Waals surface area (Å²) in [6.07, 6.45) is 1.84. The Morgan fingerprint density at radius 3 is 2.57 bits per heavy atom. The van der Waals surface area contributed by atoms with Crippen molar-refractivity contribution in [3.05, 3.63) is 11.5 Å². The Morgan fingerprint density at radius 2 is 2.43 bits per heavy atom. The lowest BCUT2D eigenvalue weighted by atomic mass is 10.6. The average molecular weight is 227 g/mol. The van der Waals surface area contributed by atoms with Crippen molar-refractivity contribution >= 4 is 41.9 Å². The van der Waals surface area contributed by atoms with Gasteiger partial charge in [0.05, 0.1) is 0 Å². The molecule has 0 amide bonds. The van der Waals surface area contributed by atoms with Gasteiger partial charge in [-0.2, -0.15) is 12.6 Å². The third-order valence-electron chi connectivity index (χ3n) is 0.419. The predicted octanol–water partition coefficient (Wildman–Crippen LogP) is 1.89. The molecule has 0 aromatic heterocycles. The second kappa shape index (κ2) is 4.64. The topological polar surface area (TPSA) is 12.4 Å². The number of hydrogen-bond donors (Lipinski definition) is 1. The van der Waals surface area contributed by atoms with Gasteiger partial charge in [-0.1, -0.05) is 22.6 Å². The first-order chi connectivity index (χ1) is 3.31. The highest BCUT2D eigenvalue weighted by Crippen LogP contribution is 2.01. The fourth-order valence-electron chi connectivity index (χ4n) is 0.132. The van der Waals surface area contributed by atoms with Gasteiger partial charge in [-0.3, -0.25) is 4.99 Å². The molecule has 1 atom stereocenters. The van der Waals surface area contributed by atoms with Gasteiger partial charge in [0.25, 0.3) is 0 Å². The molecular weight excluding hydrogens is 221 g/mol. The highest BCUT2D eigenvalue weighted by Gasteiger charge is 1.84. The number of aliphatic imine (C=N–C) groups is 1. The highest BCUT2D eigenvalue weighted by atomic mass is 127. The summed E-state index contributed by atoms with van der Waals surface area (Å²) in [6, 6.07) is 0. The molecule has 40 valence electrons. The molecule has 0 rings (SSSR count). The van der Waals surface area contributed by atoms with Crippen LogP contribution in [0.5, 0.6) is 0 Å². The maximum Gasteiger partial charge on any atom is 0.119 e. The van der Waals surface area contributed by atoms with E-state index in [-0.39, 0.29) is 4.05 Å². The molecule has 7 heavy (non-hydrogen) atoms. The molecule has 3 heteroatoms. The molecule has 0 aliphatic heterocycles. The van der Waals surface area contributed by atoms with Crippen molar-refractivity contribution in [3.8, 4) is 0 Å². The molecule has 0 aliphatic carbocycles. The molecule has 0 saturated heterocycles. The molecule has 0 radical (unpaired) electrons. The fraction of sp³-hybridized carbons (Fsp3) is 0.250. The van der Waals surface area contributed by atoms with E-state index in [0.29, 0.717) is 0 Å². The van der Waals surface area contributed by atoms with Crippen LogP contribution in [0.2, 0.25) is 0 Å². The first kappa shape index (κ1) is 7.49. The van der Waals surface area contributed by atoms with Crippen LogP contribution < -0.4 is 0 Å². The summed E-state index contributed by atoms with van der Waals surface area (Å²) >= 11 is 5.98. The van der Waals surface area contributed by atoms with Crippen LogP contribution in [-0.4, -0.2) is 10.8 Å². The van der Waals surface area contributed by atoms with Crippen molar-refractivity contribution in [1.82, 2.24) is 0 Å². The van der Waals surface area contributed by atoms with E-state index < -0.39 is 0 Å². The first-order valence-corrected chi connectivity index (χ1v) is 3.48. The molecule has 1 nitrogen and oxygen atoms in total. The van der Waals surface area contributed by atoms with Crippen LogP contribution in [0.15, 0.2) is 16.5 Å². The van der Waals surface area contributed by atoms with Crippen LogP contribution in [0.4, 0.5) is 0 Å². The van der Waals surface area contributed by atoms with Gasteiger partial charge in [0.1, 0.15) is 4.05 Å². The van der Waals surface area contributed by atoms with E-state index in [9.17, 15) is 0 Å². The van der Waals surface area contributed by atoms with Gasteiger partial charge in [0.2, 0.25) is 0 Å². The van der Waals surface area contributed by atoms with Crippen molar-refractivity contribution in [3.63, 3.8) is 0 Å². The molecule has 0 heterocycles. The van der Waals surface area contributed by atoms with Gasteiger partial charge in [0, 0.05) is 0 Å². The number of thiol groups is 1. The number of alkyl halides is 1. The Labute approximate surface area is 62.5 Å². The number of nitrogens with zero attached hydrogens (tertiary/aromatic N) is 1. The molecule has 0 fully saturated rings. The molecule has 0 N–H and O–H groups in total. The van der Waals surface area contributed by atoms with Gasteiger partial charge < -0.3 is 0 Å². The second-order valence-electron chi connectivity index (χ2n) is 0.897. The SMILES string of the molecule is C=NC(I)/C=C\S. The lowest BCUT2D eigenvalue weighted by molar-refractivity contribution is 1.23. The van der Waals surface area contributed by atoms with E-state index >= 15 is 0 Å². The number of hydrogen-bond acceptors (Lipinski definition) is 2. The van der Waals surface area contributed by atoms with Crippen LogP contribution in [0.3, 0.4) is 0 Å². The normalized spacial score (nSPS) is 14.6. The van der Waals surface area contributed by atoms with Crippen LogP contribution >= 0.6 is 35.2 Å². The third-order valence-corrected chi connectivity index (χ3v) is 1.40. The van der Waals surface area contributed by atoms with Crippen molar-refractivity contribution in [2.75, 3.05) is 0 Å². The molecule has 1 unspecified atom stereocenters. The third kappa shape index (κ3) is 4.34. The van der Waals surface area contributed by atoms with Gasteiger partial charge >= 0.3 is 0 Å². The Balaban J connectivity index is 3.35. The van der Waals surface area contributed by atoms with Crippen molar-refractivity contribution in [1.29, 1.82) is 0 Å². The van der Waals surface area contributed by atoms with Gasteiger partial charge in [0.15, 0.2) is 0 Å². The van der Waals surface area contributed by atoms with E-state index in [0.717, 1.165) is 0 Å². The van der Waals surface area contributed by atoms with Gasteiger partial charge in [-0.15, -0.1) is 0 Å². The van der Waals surface area contributed by atoms with E-state index in [1.165, 1.54) is 0 Å². The summed E-state index contributed by atoms with van der Waals surface area (Å²) in [7, 11) is 0. The minimum Gasteiger partial charge on any atom is -0.283 e. The largest absolute Gasteiger partial charge is 0.283 e. The molecule has 0 saturated carbocycles. The Morgan fingerprint density at radius 1 is 1.86 bits per heavy atom. The van der Waals surface area contributed by atoms with Crippen molar-refractivity contribution in [2.24, 2.45) is 4.99 Å². The smallest absolute Gasteiger partial charge is 0.119 e. The molecule has 0 aromatic carbocycles. The van der Waals surface area contributed by atoms with E-state index in [4.69, 9.17) is 0 Å². The van der Waals surface area contributed by atoms with E-state index in [1.54, 1.807) is 5.41 Å². The van der Waals surface area contributed by atoms with Gasteiger partial charge in [-0.25, -0.2) is 0 Å². The Kier molecular flexibility index (Phi) is 4.97. The van der Waals surface area contributed by atoms with E-state index in [2.05, 4.69) is 46.9 Å². The van der Waals surface area contributed by atoms with Crippen molar-refractivity contribution in [2.45, 2.75) is 4.05 Å². The zero-order valence-electron chi connectivity index (χ0n) is 3.71. The summed E-state index contributed by atoms with van der Waals surface area (Å²) < 4.78 is 0.176. The monoisotopic (exact) mass is 227 g/mol. The maximum atomic E-state index is 3.84. The minimum absolute atomic E-state index is 0.176.